The molecule has 1 heterocycles. The molecule has 0 spiro atoms. The molecule has 0 aliphatic heterocycles. The van der Waals surface area contributed by atoms with E-state index in [2.05, 4.69) is 5.32 Å². The average Bonchev–Trinajstić information content (AvgIpc) is 2.68. The fourth-order valence-electron chi connectivity index (χ4n) is 2.22. The van der Waals surface area contributed by atoms with Gasteiger partial charge in [0.05, 0.1) is 0 Å². The number of rotatable bonds is 2. The minimum Gasteiger partial charge on any atom is -0.348 e. The van der Waals surface area contributed by atoms with E-state index in [9.17, 15) is 4.79 Å². The highest BCUT2D eigenvalue weighted by Gasteiger charge is 2.21. The Hall–Kier alpha value is -1.29. The van der Waals surface area contributed by atoms with Crippen LogP contribution in [0.1, 0.15) is 36.2 Å². The quantitative estimate of drug-likeness (QED) is 0.783. The number of carbonyl (C=O) groups is 1. The normalized spacial score (nSPS) is 25.4. The van der Waals surface area contributed by atoms with Crippen LogP contribution in [0.15, 0.2) is 18.3 Å². The Morgan fingerprint density at radius 2 is 2.12 bits per heavy atom. The monoisotopic (exact) mass is 221 g/mol. The molecular weight excluding hydrogens is 202 g/mol. The lowest BCUT2D eigenvalue weighted by Gasteiger charge is -2.26. The number of nitrogens with two attached hydrogens (primary N) is 1. The molecule has 0 atom stereocenters. The van der Waals surface area contributed by atoms with Crippen LogP contribution in [0.3, 0.4) is 0 Å². The van der Waals surface area contributed by atoms with E-state index in [4.69, 9.17) is 5.73 Å². The number of amides is 1. The molecule has 0 saturated heterocycles. The van der Waals surface area contributed by atoms with Gasteiger partial charge in [-0.1, -0.05) is 0 Å². The first-order valence-corrected chi connectivity index (χ1v) is 5.84. The number of nitrogens with zero attached hydrogens (tertiary/aromatic N) is 1. The molecule has 88 valence electrons. The minimum absolute atomic E-state index is 0.0213. The fourth-order valence-corrected chi connectivity index (χ4v) is 2.22. The molecule has 0 radical (unpaired) electrons. The van der Waals surface area contributed by atoms with Crippen molar-refractivity contribution in [2.75, 3.05) is 0 Å². The number of nitrogens with one attached hydrogen (secondary N) is 1. The molecule has 3 N–H and O–H groups in total. The Morgan fingerprint density at radius 3 is 2.69 bits per heavy atom. The van der Waals surface area contributed by atoms with E-state index in [1.807, 2.05) is 29.9 Å². The highest BCUT2D eigenvalue weighted by molar-refractivity contribution is 5.92. The summed E-state index contributed by atoms with van der Waals surface area (Å²) in [5.41, 5.74) is 6.55. The van der Waals surface area contributed by atoms with Gasteiger partial charge >= 0.3 is 0 Å². The second-order valence-corrected chi connectivity index (χ2v) is 4.59. The maximum absolute atomic E-state index is 11.9. The lowest BCUT2D eigenvalue weighted by atomic mass is 9.92. The van der Waals surface area contributed by atoms with Gasteiger partial charge in [0.2, 0.25) is 0 Å². The van der Waals surface area contributed by atoms with Crippen molar-refractivity contribution in [3.05, 3.63) is 24.0 Å². The summed E-state index contributed by atoms with van der Waals surface area (Å²) in [6.07, 6.45) is 5.90. The Kier molecular flexibility index (Phi) is 3.29. The molecule has 1 fully saturated rings. The lowest BCUT2D eigenvalue weighted by molar-refractivity contribution is 0.0917. The van der Waals surface area contributed by atoms with Crippen LogP contribution in [-0.4, -0.2) is 22.6 Å². The summed E-state index contributed by atoms with van der Waals surface area (Å²) in [6, 6.07) is 4.33. The van der Waals surface area contributed by atoms with Crippen LogP contribution in [0, 0.1) is 0 Å². The Morgan fingerprint density at radius 1 is 1.44 bits per heavy atom. The predicted octanol–water partition coefficient (Wildman–Crippen LogP) is 1.02. The third kappa shape index (κ3) is 2.44. The van der Waals surface area contributed by atoms with Gasteiger partial charge in [-0.25, -0.2) is 0 Å². The molecule has 4 heteroatoms. The zero-order chi connectivity index (χ0) is 11.5. The van der Waals surface area contributed by atoms with E-state index in [0.29, 0.717) is 12.1 Å². The third-order valence-electron chi connectivity index (χ3n) is 3.28. The average molecular weight is 221 g/mol. The van der Waals surface area contributed by atoms with Gasteiger partial charge in [0, 0.05) is 25.3 Å². The van der Waals surface area contributed by atoms with Gasteiger partial charge in [0.25, 0.3) is 5.91 Å². The zero-order valence-corrected chi connectivity index (χ0v) is 9.65. The first-order chi connectivity index (χ1) is 7.66. The molecule has 0 aromatic carbocycles. The number of aryl methyl sites for hydroxylation is 1. The van der Waals surface area contributed by atoms with E-state index in [0.717, 1.165) is 31.4 Å². The van der Waals surface area contributed by atoms with Crippen LogP contribution in [0.5, 0.6) is 0 Å². The molecule has 1 saturated carbocycles. The summed E-state index contributed by atoms with van der Waals surface area (Å²) in [5.74, 6) is 0.0213. The molecule has 0 bridgehead atoms. The fraction of sp³-hybridized carbons (Fsp3) is 0.583. The third-order valence-corrected chi connectivity index (χ3v) is 3.28. The highest BCUT2D eigenvalue weighted by atomic mass is 16.2. The molecular formula is C12H19N3O. The summed E-state index contributed by atoms with van der Waals surface area (Å²) in [6.45, 7) is 0. The van der Waals surface area contributed by atoms with Crippen molar-refractivity contribution in [2.24, 2.45) is 12.8 Å². The van der Waals surface area contributed by atoms with Gasteiger partial charge in [0.1, 0.15) is 5.69 Å². The van der Waals surface area contributed by atoms with E-state index >= 15 is 0 Å². The van der Waals surface area contributed by atoms with Crippen LogP contribution in [0.2, 0.25) is 0 Å². The number of aromatic nitrogens is 1. The summed E-state index contributed by atoms with van der Waals surface area (Å²) < 4.78 is 1.84. The van der Waals surface area contributed by atoms with E-state index < -0.39 is 0 Å². The maximum atomic E-state index is 11.9. The van der Waals surface area contributed by atoms with Gasteiger partial charge in [-0.2, -0.15) is 0 Å². The molecule has 1 amide bonds. The topological polar surface area (TPSA) is 60.0 Å². The number of carbonyl (C=O) groups excluding carboxylic acids is 1. The Labute approximate surface area is 95.8 Å². The Bertz CT molecular complexity index is 364. The Balaban J connectivity index is 1.91. The molecule has 1 aliphatic rings. The van der Waals surface area contributed by atoms with Crippen molar-refractivity contribution in [2.45, 2.75) is 37.8 Å². The first-order valence-electron chi connectivity index (χ1n) is 5.84. The van der Waals surface area contributed by atoms with Gasteiger partial charge < -0.3 is 15.6 Å². The molecule has 0 unspecified atom stereocenters. The van der Waals surface area contributed by atoms with Crippen LogP contribution in [0.4, 0.5) is 0 Å². The summed E-state index contributed by atoms with van der Waals surface area (Å²) in [5, 5.41) is 3.07. The second-order valence-electron chi connectivity index (χ2n) is 4.59. The standard InChI is InChI=1S/C12H19N3O/c1-15-8-2-3-11(15)12(16)14-10-6-4-9(13)5-7-10/h2-3,8-10H,4-7,13H2,1H3,(H,14,16). The smallest absolute Gasteiger partial charge is 0.268 e. The molecule has 1 aromatic rings. The number of hydrogen-bond donors (Lipinski definition) is 2. The lowest BCUT2D eigenvalue weighted by Crippen LogP contribution is -2.40. The van der Waals surface area contributed by atoms with Crippen LogP contribution in [0.25, 0.3) is 0 Å². The summed E-state index contributed by atoms with van der Waals surface area (Å²) in [4.78, 5) is 11.9. The molecule has 1 aliphatic carbocycles. The molecule has 2 rings (SSSR count). The van der Waals surface area contributed by atoms with Crippen molar-refractivity contribution in [3.63, 3.8) is 0 Å². The van der Waals surface area contributed by atoms with Gasteiger partial charge in [-0.3, -0.25) is 4.79 Å². The van der Waals surface area contributed by atoms with E-state index in [1.165, 1.54) is 0 Å². The zero-order valence-electron chi connectivity index (χ0n) is 9.65. The van der Waals surface area contributed by atoms with Gasteiger partial charge in [-0.15, -0.1) is 0 Å². The van der Waals surface area contributed by atoms with Crippen LogP contribution in [-0.2, 0) is 7.05 Å². The molecule has 1 aromatic heterocycles. The van der Waals surface area contributed by atoms with E-state index in [-0.39, 0.29) is 5.91 Å². The predicted molar refractivity (Wildman–Crippen MR) is 63.1 cm³/mol. The second kappa shape index (κ2) is 4.70. The van der Waals surface area contributed by atoms with Gasteiger partial charge in [-0.05, 0) is 37.8 Å². The minimum atomic E-state index is 0.0213. The number of hydrogen-bond acceptors (Lipinski definition) is 2. The molecule has 16 heavy (non-hydrogen) atoms. The van der Waals surface area contributed by atoms with Crippen molar-refractivity contribution in [1.82, 2.24) is 9.88 Å². The highest BCUT2D eigenvalue weighted by Crippen LogP contribution is 2.17. The van der Waals surface area contributed by atoms with Crippen molar-refractivity contribution < 1.29 is 4.79 Å². The largest absolute Gasteiger partial charge is 0.348 e. The maximum Gasteiger partial charge on any atom is 0.268 e. The molecule has 4 nitrogen and oxygen atoms in total. The summed E-state index contributed by atoms with van der Waals surface area (Å²) >= 11 is 0. The van der Waals surface area contributed by atoms with Crippen LogP contribution < -0.4 is 11.1 Å². The first kappa shape index (κ1) is 11.2. The summed E-state index contributed by atoms with van der Waals surface area (Å²) in [7, 11) is 1.88. The van der Waals surface area contributed by atoms with Crippen molar-refractivity contribution in [3.8, 4) is 0 Å². The van der Waals surface area contributed by atoms with Gasteiger partial charge in [0.15, 0.2) is 0 Å². The van der Waals surface area contributed by atoms with Crippen molar-refractivity contribution in [1.29, 1.82) is 0 Å². The van der Waals surface area contributed by atoms with Crippen LogP contribution >= 0.6 is 0 Å². The van der Waals surface area contributed by atoms with Crippen molar-refractivity contribution >= 4 is 5.91 Å². The van der Waals surface area contributed by atoms with E-state index in [1.54, 1.807) is 0 Å². The SMILES string of the molecule is Cn1cccc1C(=O)NC1CCC(N)CC1.